The number of fused-ring (bicyclic) bond motifs is 1. The van der Waals surface area contributed by atoms with Crippen molar-refractivity contribution in [1.82, 2.24) is 4.90 Å². The first kappa shape index (κ1) is 26.5. The molecule has 2 aliphatic rings. The highest BCUT2D eigenvalue weighted by atomic mass is 35.5. The lowest BCUT2D eigenvalue weighted by atomic mass is 10.0. The van der Waals surface area contributed by atoms with Crippen LogP contribution in [0.5, 0.6) is 0 Å². The van der Waals surface area contributed by atoms with Crippen LogP contribution < -0.4 is 15.1 Å². The van der Waals surface area contributed by atoms with Crippen LogP contribution in [0.15, 0.2) is 78.9 Å². The molecule has 0 bridgehead atoms. The first-order chi connectivity index (χ1) is 17.6. The number of nitrogens with zero attached hydrogens (tertiary/aromatic N) is 3. The Labute approximate surface area is 224 Å². The van der Waals surface area contributed by atoms with E-state index in [1.165, 1.54) is 0 Å². The Bertz CT molecular complexity index is 1200. The van der Waals surface area contributed by atoms with Gasteiger partial charge in [-0.25, -0.2) is 4.79 Å². The number of benzene rings is 3. The third-order valence-electron chi connectivity index (χ3n) is 6.94. The van der Waals surface area contributed by atoms with Crippen molar-refractivity contribution in [2.75, 3.05) is 41.3 Å². The third kappa shape index (κ3) is 6.06. The van der Waals surface area contributed by atoms with Gasteiger partial charge in [0.1, 0.15) is 6.61 Å². The van der Waals surface area contributed by atoms with Gasteiger partial charge >= 0.3 is 6.09 Å². The van der Waals surface area contributed by atoms with Crippen LogP contribution in [0.1, 0.15) is 25.3 Å². The van der Waals surface area contributed by atoms with Gasteiger partial charge in [-0.05, 0) is 62.2 Å². The molecule has 194 valence electrons. The van der Waals surface area contributed by atoms with Crippen LogP contribution in [0.25, 0.3) is 0 Å². The molecular weight excluding hydrogens is 488 g/mol. The van der Waals surface area contributed by atoms with Gasteiger partial charge in [0, 0.05) is 48.3 Å². The van der Waals surface area contributed by atoms with Gasteiger partial charge in [0.2, 0.25) is 5.91 Å². The second-order valence-electron chi connectivity index (χ2n) is 9.24. The van der Waals surface area contributed by atoms with E-state index in [9.17, 15) is 9.59 Å². The van der Waals surface area contributed by atoms with Crippen molar-refractivity contribution >= 4 is 47.2 Å². The number of carbonyl (C=O) groups excluding carboxylic acids is 2. The first-order valence-corrected chi connectivity index (χ1v) is 12.6. The molecule has 3 aromatic carbocycles. The molecule has 1 fully saturated rings. The Morgan fingerprint density at radius 2 is 1.59 bits per heavy atom. The fraction of sp³-hybridized carbons (Fsp3) is 0.310. The number of hydrogen-bond acceptors (Lipinski definition) is 5. The molecule has 1 N–H and O–H groups in total. The lowest BCUT2D eigenvalue weighted by molar-refractivity contribution is -0.117. The minimum Gasteiger partial charge on any atom is -0.444 e. The zero-order valence-corrected chi connectivity index (χ0v) is 21.8. The van der Waals surface area contributed by atoms with Gasteiger partial charge in [-0.3, -0.25) is 14.6 Å². The summed E-state index contributed by atoms with van der Waals surface area (Å²) in [6.07, 6.45) is 1.33. The normalized spacial score (nSPS) is 15.8. The molecule has 5 rings (SSSR count). The number of anilines is 4. The van der Waals surface area contributed by atoms with Crippen LogP contribution >= 0.6 is 12.4 Å². The van der Waals surface area contributed by atoms with E-state index in [1.54, 1.807) is 4.90 Å². The quantitative estimate of drug-likeness (QED) is 0.425. The molecule has 7 nitrogen and oxygen atoms in total. The number of carbonyl (C=O) groups is 2. The minimum absolute atomic E-state index is 0. The SMILES string of the molecule is CCN(c1ccccc1)c1ccc(NC(=O)CN2CCC(N3C(=O)OCc4ccccc43)CC2)cc1.Cl. The Hall–Kier alpha value is -3.55. The number of hydrogen-bond donors (Lipinski definition) is 1. The third-order valence-corrected chi connectivity index (χ3v) is 6.94. The molecule has 0 saturated carbocycles. The summed E-state index contributed by atoms with van der Waals surface area (Å²) in [5.74, 6) is -0.0284. The number of para-hydroxylation sites is 2. The van der Waals surface area contributed by atoms with Crippen LogP contribution in [-0.2, 0) is 16.1 Å². The summed E-state index contributed by atoms with van der Waals surface area (Å²) < 4.78 is 5.39. The largest absolute Gasteiger partial charge is 0.444 e. The van der Waals surface area contributed by atoms with Crippen LogP contribution in [0.2, 0.25) is 0 Å². The molecule has 0 unspecified atom stereocenters. The summed E-state index contributed by atoms with van der Waals surface area (Å²) in [7, 11) is 0. The van der Waals surface area contributed by atoms with Crippen molar-refractivity contribution in [3.05, 3.63) is 84.4 Å². The van der Waals surface area contributed by atoms with Crippen LogP contribution in [0, 0.1) is 0 Å². The second-order valence-corrected chi connectivity index (χ2v) is 9.24. The van der Waals surface area contributed by atoms with Crippen LogP contribution in [0.3, 0.4) is 0 Å². The highest BCUT2D eigenvalue weighted by Gasteiger charge is 2.34. The molecule has 3 aromatic rings. The molecule has 0 aliphatic carbocycles. The molecular formula is C29H33ClN4O3. The number of nitrogens with one attached hydrogen (secondary N) is 1. The zero-order chi connectivity index (χ0) is 24.9. The Morgan fingerprint density at radius 3 is 2.30 bits per heavy atom. The highest BCUT2D eigenvalue weighted by molar-refractivity contribution is 5.93. The maximum Gasteiger partial charge on any atom is 0.414 e. The van der Waals surface area contributed by atoms with Crippen LogP contribution in [0.4, 0.5) is 27.5 Å². The fourth-order valence-corrected chi connectivity index (χ4v) is 5.11. The van der Waals surface area contributed by atoms with E-state index in [4.69, 9.17) is 4.74 Å². The van der Waals surface area contributed by atoms with E-state index in [0.29, 0.717) is 13.2 Å². The van der Waals surface area contributed by atoms with E-state index in [0.717, 1.165) is 60.8 Å². The van der Waals surface area contributed by atoms with E-state index in [-0.39, 0.29) is 30.4 Å². The van der Waals surface area contributed by atoms with Crippen molar-refractivity contribution in [3.8, 4) is 0 Å². The van der Waals surface area contributed by atoms with Gasteiger partial charge in [0.15, 0.2) is 0 Å². The Kier molecular flexibility index (Phi) is 8.69. The Balaban J connectivity index is 0.00000320. The van der Waals surface area contributed by atoms with Crippen molar-refractivity contribution in [3.63, 3.8) is 0 Å². The van der Waals surface area contributed by atoms with E-state index in [1.807, 2.05) is 66.7 Å². The van der Waals surface area contributed by atoms with Crippen LogP contribution in [-0.4, -0.2) is 49.1 Å². The maximum absolute atomic E-state index is 12.7. The van der Waals surface area contributed by atoms with Gasteiger partial charge in [-0.15, -0.1) is 12.4 Å². The molecule has 0 aromatic heterocycles. The monoisotopic (exact) mass is 520 g/mol. The van der Waals surface area contributed by atoms with Gasteiger partial charge < -0.3 is 15.0 Å². The summed E-state index contributed by atoms with van der Waals surface area (Å²) in [6, 6.07) is 26.2. The molecule has 37 heavy (non-hydrogen) atoms. The van der Waals surface area contributed by atoms with Crippen molar-refractivity contribution in [2.24, 2.45) is 0 Å². The average Bonchev–Trinajstić information content (AvgIpc) is 2.91. The summed E-state index contributed by atoms with van der Waals surface area (Å²) in [6.45, 7) is 5.15. The number of amides is 2. The number of halogens is 1. The Morgan fingerprint density at radius 1 is 0.946 bits per heavy atom. The van der Waals surface area contributed by atoms with E-state index in [2.05, 4.69) is 34.2 Å². The van der Waals surface area contributed by atoms with Gasteiger partial charge in [0.25, 0.3) is 0 Å². The number of ether oxygens (including phenoxy) is 1. The van der Waals surface area contributed by atoms with E-state index >= 15 is 0 Å². The standard InChI is InChI=1S/C29H32N4O3.ClH/c1-2-32(24-9-4-3-5-10-24)25-14-12-23(13-15-25)30-28(34)20-31-18-16-26(17-19-31)33-27-11-7-6-8-22(27)21-36-29(33)35;/h3-15,26H,2,16-21H2,1H3,(H,30,34);1H. The zero-order valence-electron chi connectivity index (χ0n) is 21.0. The number of cyclic esters (lactones) is 1. The predicted octanol–water partition coefficient (Wildman–Crippen LogP) is 5.83. The molecule has 0 spiro atoms. The average molecular weight is 521 g/mol. The van der Waals surface area contributed by atoms with Crippen molar-refractivity contribution in [2.45, 2.75) is 32.4 Å². The maximum atomic E-state index is 12.7. The molecule has 0 radical (unpaired) electrons. The summed E-state index contributed by atoms with van der Waals surface area (Å²) in [5.41, 5.74) is 5.00. The van der Waals surface area contributed by atoms with Gasteiger partial charge in [0.05, 0.1) is 12.2 Å². The molecule has 0 atom stereocenters. The number of likely N-dealkylation sites (tertiary alicyclic amines) is 1. The lowest BCUT2D eigenvalue weighted by Crippen LogP contribution is -2.50. The fourth-order valence-electron chi connectivity index (χ4n) is 5.11. The second kappa shape index (κ2) is 12.1. The van der Waals surface area contributed by atoms with Gasteiger partial charge in [-0.1, -0.05) is 36.4 Å². The summed E-state index contributed by atoms with van der Waals surface area (Å²) >= 11 is 0. The van der Waals surface area contributed by atoms with Crippen molar-refractivity contribution in [1.29, 1.82) is 0 Å². The van der Waals surface area contributed by atoms with Gasteiger partial charge in [-0.2, -0.15) is 0 Å². The smallest absolute Gasteiger partial charge is 0.414 e. The molecule has 2 aliphatic heterocycles. The van der Waals surface area contributed by atoms with E-state index < -0.39 is 0 Å². The topological polar surface area (TPSA) is 65.1 Å². The summed E-state index contributed by atoms with van der Waals surface area (Å²) in [5, 5.41) is 3.02. The molecule has 8 heteroatoms. The molecule has 2 heterocycles. The predicted molar refractivity (Wildman–Crippen MR) is 150 cm³/mol. The number of rotatable bonds is 7. The van der Waals surface area contributed by atoms with Crippen molar-refractivity contribution < 1.29 is 14.3 Å². The first-order valence-electron chi connectivity index (χ1n) is 12.6. The minimum atomic E-state index is -0.276. The molecule has 2 amide bonds. The number of piperidine rings is 1. The lowest BCUT2D eigenvalue weighted by Gasteiger charge is -2.40. The highest BCUT2D eigenvalue weighted by Crippen LogP contribution is 2.32. The molecule has 1 saturated heterocycles. The summed E-state index contributed by atoms with van der Waals surface area (Å²) in [4.78, 5) is 31.4.